The van der Waals surface area contributed by atoms with Crippen LogP contribution in [0.3, 0.4) is 0 Å². The first-order valence-corrected chi connectivity index (χ1v) is 10.3. The lowest BCUT2D eigenvalue weighted by Gasteiger charge is -2.46. The molecule has 0 saturated carbocycles. The van der Waals surface area contributed by atoms with Gasteiger partial charge in [0.05, 0.1) is 24.3 Å². The van der Waals surface area contributed by atoms with Crippen molar-refractivity contribution in [2.75, 3.05) is 14.1 Å². The summed E-state index contributed by atoms with van der Waals surface area (Å²) in [7, 11) is 3.74. The quantitative estimate of drug-likeness (QED) is 0.629. The SMILES string of the molecule is CC(=O)OC1O[C@H](C)[C@@H](OCc2ccccc2)[C@H](N(C)C)[C@H]1OC(=O)c1ccccc1. The third-order valence-corrected chi connectivity index (χ3v) is 5.17. The second-order valence-electron chi connectivity index (χ2n) is 7.77. The molecule has 2 aromatic carbocycles. The molecule has 0 bridgehead atoms. The number of hydrogen-bond donors (Lipinski definition) is 0. The summed E-state index contributed by atoms with van der Waals surface area (Å²) < 4.78 is 23.4. The van der Waals surface area contributed by atoms with Crippen molar-refractivity contribution in [2.45, 2.75) is 51.1 Å². The van der Waals surface area contributed by atoms with E-state index in [-0.39, 0.29) is 0 Å². The van der Waals surface area contributed by atoms with Crippen LogP contribution in [0.5, 0.6) is 0 Å². The Bertz CT molecular complexity index is 857. The number of esters is 2. The lowest BCUT2D eigenvalue weighted by molar-refractivity contribution is -0.278. The number of carbonyl (C=O) groups excluding carboxylic acids is 2. The number of carbonyl (C=O) groups is 2. The third-order valence-electron chi connectivity index (χ3n) is 5.17. The molecule has 0 spiro atoms. The van der Waals surface area contributed by atoms with Gasteiger partial charge in [0.25, 0.3) is 0 Å². The van der Waals surface area contributed by atoms with Crippen LogP contribution >= 0.6 is 0 Å². The Kier molecular flexibility index (Phi) is 7.79. The van der Waals surface area contributed by atoms with Gasteiger partial charge in [-0.25, -0.2) is 4.79 Å². The Morgan fingerprint density at radius 1 is 0.935 bits per heavy atom. The van der Waals surface area contributed by atoms with Crippen molar-refractivity contribution in [3.63, 3.8) is 0 Å². The standard InChI is InChI=1S/C24H29NO6/c1-16-21(28-15-18-11-7-5-8-12-18)20(25(3)4)22(24(29-16)30-17(2)26)31-23(27)19-13-9-6-10-14-19/h5-14,16,20-22,24H,15H2,1-4H3/t16-,20+,21-,22-,24?/m1/s1. The first-order chi connectivity index (χ1) is 14.9. The molecule has 0 radical (unpaired) electrons. The van der Waals surface area contributed by atoms with Gasteiger partial charge in [0.2, 0.25) is 6.29 Å². The highest BCUT2D eigenvalue weighted by Gasteiger charge is 2.50. The molecule has 0 aliphatic carbocycles. The molecule has 1 aliphatic rings. The lowest BCUT2D eigenvalue weighted by Crippen LogP contribution is -2.64. The van der Waals surface area contributed by atoms with E-state index >= 15 is 0 Å². The molecule has 2 aromatic rings. The molecular formula is C24H29NO6. The van der Waals surface area contributed by atoms with Gasteiger partial charge in [-0.15, -0.1) is 0 Å². The second kappa shape index (κ2) is 10.5. The Morgan fingerprint density at radius 2 is 1.55 bits per heavy atom. The van der Waals surface area contributed by atoms with Crippen LogP contribution in [0, 0.1) is 0 Å². The molecule has 7 nitrogen and oxygen atoms in total. The van der Waals surface area contributed by atoms with Crippen molar-refractivity contribution < 1.29 is 28.5 Å². The van der Waals surface area contributed by atoms with E-state index in [0.717, 1.165) is 5.56 Å². The zero-order chi connectivity index (χ0) is 22.4. The predicted molar refractivity (Wildman–Crippen MR) is 114 cm³/mol. The molecule has 166 valence electrons. The Hall–Kier alpha value is -2.74. The normalized spacial score (nSPS) is 25.8. The van der Waals surface area contributed by atoms with Crippen molar-refractivity contribution in [1.29, 1.82) is 0 Å². The van der Waals surface area contributed by atoms with Crippen LogP contribution in [0.2, 0.25) is 0 Å². The number of benzene rings is 2. The molecule has 3 rings (SSSR count). The Balaban J connectivity index is 1.85. The Morgan fingerprint density at radius 3 is 2.13 bits per heavy atom. The molecule has 1 fully saturated rings. The van der Waals surface area contributed by atoms with E-state index in [0.29, 0.717) is 12.2 Å². The van der Waals surface area contributed by atoms with Crippen LogP contribution < -0.4 is 0 Å². The highest BCUT2D eigenvalue weighted by molar-refractivity contribution is 5.89. The summed E-state index contributed by atoms with van der Waals surface area (Å²) in [5.74, 6) is -1.03. The maximum atomic E-state index is 12.8. The number of nitrogens with zero attached hydrogens (tertiary/aromatic N) is 1. The van der Waals surface area contributed by atoms with Crippen LogP contribution in [-0.2, 0) is 30.3 Å². The van der Waals surface area contributed by atoms with E-state index in [1.807, 2.05) is 62.3 Å². The van der Waals surface area contributed by atoms with Gasteiger partial charge in [0, 0.05) is 6.92 Å². The number of hydrogen-bond acceptors (Lipinski definition) is 7. The fourth-order valence-electron chi connectivity index (χ4n) is 3.73. The van der Waals surface area contributed by atoms with Gasteiger partial charge in [-0.05, 0) is 38.7 Å². The third kappa shape index (κ3) is 5.91. The van der Waals surface area contributed by atoms with E-state index in [1.54, 1.807) is 24.3 Å². The average molecular weight is 427 g/mol. The van der Waals surface area contributed by atoms with Crippen LogP contribution in [-0.4, -0.2) is 61.6 Å². The number of ether oxygens (including phenoxy) is 4. The largest absolute Gasteiger partial charge is 0.450 e. The summed E-state index contributed by atoms with van der Waals surface area (Å²) in [4.78, 5) is 26.4. The molecule has 1 unspecified atom stereocenters. The summed E-state index contributed by atoms with van der Waals surface area (Å²) in [6.07, 6.45) is -2.73. The maximum absolute atomic E-state index is 12.8. The summed E-state index contributed by atoms with van der Waals surface area (Å²) in [6.45, 7) is 3.53. The van der Waals surface area contributed by atoms with Crippen molar-refractivity contribution in [1.82, 2.24) is 4.90 Å². The summed E-state index contributed by atoms with van der Waals surface area (Å²) in [5.41, 5.74) is 1.43. The zero-order valence-electron chi connectivity index (χ0n) is 18.3. The lowest BCUT2D eigenvalue weighted by atomic mass is 9.95. The van der Waals surface area contributed by atoms with E-state index in [4.69, 9.17) is 18.9 Å². The fraction of sp³-hybridized carbons (Fsp3) is 0.417. The van der Waals surface area contributed by atoms with Crippen LogP contribution in [0.25, 0.3) is 0 Å². The minimum Gasteiger partial charge on any atom is -0.450 e. The van der Waals surface area contributed by atoms with E-state index in [9.17, 15) is 9.59 Å². The summed E-state index contributed by atoms with van der Waals surface area (Å²) in [5, 5.41) is 0. The van der Waals surface area contributed by atoms with Gasteiger partial charge in [-0.1, -0.05) is 48.5 Å². The number of likely N-dealkylation sites (N-methyl/N-ethyl adjacent to an activating group) is 1. The smallest absolute Gasteiger partial charge is 0.338 e. The molecule has 5 atom stereocenters. The van der Waals surface area contributed by atoms with E-state index < -0.39 is 42.6 Å². The molecule has 7 heteroatoms. The fourth-order valence-corrected chi connectivity index (χ4v) is 3.73. The minimum absolute atomic E-state index is 0.376. The highest BCUT2D eigenvalue weighted by atomic mass is 16.7. The first-order valence-electron chi connectivity index (χ1n) is 10.3. The molecule has 1 heterocycles. The second-order valence-corrected chi connectivity index (χ2v) is 7.77. The molecule has 0 N–H and O–H groups in total. The molecular weight excluding hydrogens is 398 g/mol. The van der Waals surface area contributed by atoms with Crippen LogP contribution in [0.1, 0.15) is 29.8 Å². The highest BCUT2D eigenvalue weighted by Crippen LogP contribution is 2.30. The van der Waals surface area contributed by atoms with Crippen molar-refractivity contribution >= 4 is 11.9 Å². The van der Waals surface area contributed by atoms with Gasteiger partial charge < -0.3 is 23.8 Å². The molecule has 1 saturated heterocycles. The maximum Gasteiger partial charge on any atom is 0.338 e. The monoisotopic (exact) mass is 427 g/mol. The zero-order valence-corrected chi connectivity index (χ0v) is 18.3. The van der Waals surface area contributed by atoms with Crippen LogP contribution in [0.4, 0.5) is 0 Å². The van der Waals surface area contributed by atoms with Gasteiger partial charge in [-0.2, -0.15) is 0 Å². The van der Waals surface area contributed by atoms with Gasteiger partial charge in [0.15, 0.2) is 6.10 Å². The number of rotatable bonds is 7. The van der Waals surface area contributed by atoms with Crippen LogP contribution in [0.15, 0.2) is 60.7 Å². The summed E-state index contributed by atoms with van der Waals surface area (Å²) in [6, 6.07) is 18.1. The predicted octanol–water partition coefficient (Wildman–Crippen LogP) is 3.04. The van der Waals surface area contributed by atoms with Gasteiger partial charge in [-0.3, -0.25) is 4.79 Å². The van der Waals surface area contributed by atoms with Crippen molar-refractivity contribution in [3.05, 3.63) is 71.8 Å². The molecule has 0 aromatic heterocycles. The first kappa shape index (κ1) is 22.9. The van der Waals surface area contributed by atoms with Crippen molar-refractivity contribution in [3.8, 4) is 0 Å². The van der Waals surface area contributed by atoms with Gasteiger partial charge >= 0.3 is 11.9 Å². The van der Waals surface area contributed by atoms with Gasteiger partial charge in [0.1, 0.15) is 6.10 Å². The average Bonchev–Trinajstić information content (AvgIpc) is 2.75. The van der Waals surface area contributed by atoms with E-state index in [2.05, 4.69) is 0 Å². The van der Waals surface area contributed by atoms with Crippen molar-refractivity contribution in [2.24, 2.45) is 0 Å². The molecule has 31 heavy (non-hydrogen) atoms. The van der Waals surface area contributed by atoms with E-state index in [1.165, 1.54) is 6.92 Å². The summed E-state index contributed by atoms with van der Waals surface area (Å²) >= 11 is 0. The molecule has 1 aliphatic heterocycles. The Labute approximate surface area is 182 Å². The molecule has 0 amide bonds. The minimum atomic E-state index is -1.04. The topological polar surface area (TPSA) is 74.3 Å².